The van der Waals surface area contributed by atoms with Gasteiger partial charge in [-0.2, -0.15) is 0 Å². The zero-order chi connectivity index (χ0) is 11.9. The molecule has 0 spiro atoms. The minimum absolute atomic E-state index is 0.169. The molecule has 0 aliphatic carbocycles. The van der Waals surface area contributed by atoms with E-state index >= 15 is 0 Å². The second-order valence-corrected chi connectivity index (χ2v) is 11.7. The molecule has 1 aromatic rings. The Kier molecular flexibility index (Phi) is 2.81. The van der Waals surface area contributed by atoms with Crippen molar-refractivity contribution in [1.82, 2.24) is 0 Å². The monoisotopic (exact) mass is 226 g/mol. The van der Waals surface area contributed by atoms with Crippen molar-refractivity contribution in [3.8, 4) is 0 Å². The first-order chi connectivity index (χ1) is 6.67. The fourth-order valence-corrected chi connectivity index (χ4v) is 8.40. The van der Waals surface area contributed by atoms with Crippen molar-refractivity contribution in [2.75, 3.05) is 0 Å². The minimum atomic E-state index is -1.91. The van der Waals surface area contributed by atoms with Gasteiger partial charge in [0, 0.05) is 0 Å². The van der Waals surface area contributed by atoms with Gasteiger partial charge in [0.1, 0.15) is 0 Å². The van der Waals surface area contributed by atoms with Gasteiger partial charge in [0.05, 0.1) is 0 Å². The van der Waals surface area contributed by atoms with E-state index in [4.69, 9.17) is 9.15 Å². The van der Waals surface area contributed by atoms with Gasteiger partial charge in [-0.05, 0) is 10.1 Å². The molecular formula is C12H22O2Si. The summed E-state index contributed by atoms with van der Waals surface area (Å²) >= 11 is 0. The highest BCUT2D eigenvalue weighted by Crippen LogP contribution is 2.51. The van der Waals surface area contributed by atoms with Crippen molar-refractivity contribution >= 4 is 13.5 Å². The summed E-state index contributed by atoms with van der Waals surface area (Å²) in [5.74, 6) is 0. The summed E-state index contributed by atoms with van der Waals surface area (Å²) in [6, 6.07) is 0. The molecule has 1 rings (SSSR count). The third-order valence-corrected chi connectivity index (χ3v) is 9.68. The predicted molar refractivity (Wildman–Crippen MR) is 66.0 cm³/mol. The van der Waals surface area contributed by atoms with E-state index in [0.29, 0.717) is 0 Å². The molecule has 15 heavy (non-hydrogen) atoms. The van der Waals surface area contributed by atoms with Gasteiger partial charge in [-0.25, -0.2) is 0 Å². The Morgan fingerprint density at radius 2 is 1.53 bits per heavy atom. The molecule has 0 bridgehead atoms. The van der Waals surface area contributed by atoms with Crippen LogP contribution in [0, 0.1) is 0 Å². The maximum atomic E-state index is 5.19. The van der Waals surface area contributed by atoms with Crippen molar-refractivity contribution < 1.29 is 9.15 Å². The van der Waals surface area contributed by atoms with Crippen molar-refractivity contribution in [2.24, 2.45) is 0 Å². The largest absolute Gasteiger partial charge is 0.297 e. The first-order valence-electron chi connectivity index (χ1n) is 5.34. The number of rotatable bonds is 2. The fraction of sp³-hybridized carbons (Fsp3) is 0.667. The Bertz CT molecular complexity index is 310. The molecule has 0 amide bonds. The molecule has 0 aromatic carbocycles. The standard InChI is InChI=1S/C12H22O2Si/c1-8-15(11(2,3)4,12(5,6)7)10-9-13-14-10/h8-9H,1H2,2-7H3. The number of hydrogen-bond acceptors (Lipinski definition) is 2. The Balaban J connectivity index is 3.38. The van der Waals surface area contributed by atoms with E-state index < -0.39 is 8.07 Å². The smallest absolute Gasteiger partial charge is 0.180 e. The Labute approximate surface area is 93.3 Å². The average Bonchev–Trinajstić information content (AvgIpc) is 1.90. The topological polar surface area (TPSA) is 26.3 Å². The van der Waals surface area contributed by atoms with Crippen LogP contribution in [0.2, 0.25) is 10.1 Å². The lowest BCUT2D eigenvalue weighted by Gasteiger charge is -2.47. The molecule has 3 heteroatoms. The van der Waals surface area contributed by atoms with Crippen LogP contribution in [-0.2, 0) is 0 Å². The molecule has 2 nitrogen and oxygen atoms in total. The van der Waals surface area contributed by atoms with Crippen molar-refractivity contribution in [2.45, 2.75) is 51.6 Å². The minimum Gasteiger partial charge on any atom is -0.297 e. The van der Waals surface area contributed by atoms with Gasteiger partial charge >= 0.3 is 0 Å². The van der Waals surface area contributed by atoms with Crippen LogP contribution < -0.4 is 5.38 Å². The molecule has 0 atom stereocenters. The first kappa shape index (κ1) is 12.4. The van der Waals surface area contributed by atoms with Crippen LogP contribution in [0.5, 0.6) is 0 Å². The van der Waals surface area contributed by atoms with Crippen LogP contribution >= 0.6 is 0 Å². The molecule has 0 fully saturated rings. The Morgan fingerprint density at radius 1 is 1.13 bits per heavy atom. The average molecular weight is 226 g/mol. The van der Waals surface area contributed by atoms with Gasteiger partial charge in [-0.3, -0.25) is 9.15 Å². The first-order valence-corrected chi connectivity index (χ1v) is 7.42. The van der Waals surface area contributed by atoms with Crippen LogP contribution in [0.25, 0.3) is 0 Å². The van der Waals surface area contributed by atoms with E-state index in [-0.39, 0.29) is 10.1 Å². The second kappa shape index (κ2) is 3.41. The van der Waals surface area contributed by atoms with Gasteiger partial charge < -0.3 is 0 Å². The summed E-state index contributed by atoms with van der Waals surface area (Å²) in [5, 5.41) is 1.35. The van der Waals surface area contributed by atoms with Gasteiger partial charge in [-0.1, -0.05) is 47.2 Å². The highest BCUT2D eigenvalue weighted by molar-refractivity contribution is 6.99. The highest BCUT2D eigenvalue weighted by Gasteiger charge is 2.56. The molecule has 0 unspecified atom stereocenters. The summed E-state index contributed by atoms with van der Waals surface area (Å²) < 4.78 is 9.95. The summed E-state index contributed by atoms with van der Waals surface area (Å²) in [7, 11) is -1.91. The van der Waals surface area contributed by atoms with Gasteiger partial charge in [0.2, 0.25) is 0 Å². The van der Waals surface area contributed by atoms with Gasteiger partial charge in [0.25, 0.3) is 0 Å². The zero-order valence-corrected chi connectivity index (χ0v) is 11.7. The van der Waals surface area contributed by atoms with Crippen molar-refractivity contribution in [1.29, 1.82) is 0 Å². The van der Waals surface area contributed by atoms with E-state index in [1.807, 2.05) is 0 Å². The number of hydrogen-bond donors (Lipinski definition) is 0. The zero-order valence-electron chi connectivity index (χ0n) is 10.7. The quantitative estimate of drug-likeness (QED) is 0.565. The van der Waals surface area contributed by atoms with Gasteiger partial charge in [-0.15, -0.1) is 6.58 Å². The van der Waals surface area contributed by atoms with Crippen LogP contribution in [0.4, 0.5) is 0 Å². The maximum Gasteiger partial charge on any atom is 0.180 e. The van der Waals surface area contributed by atoms with Gasteiger partial charge in [0.15, 0.2) is 19.7 Å². The lowest BCUT2D eigenvalue weighted by molar-refractivity contribution is 0.0194. The van der Waals surface area contributed by atoms with E-state index in [0.717, 1.165) is 5.38 Å². The second-order valence-electron chi connectivity index (χ2n) is 6.17. The van der Waals surface area contributed by atoms with Crippen LogP contribution in [0.15, 0.2) is 27.7 Å². The molecule has 0 aliphatic rings. The lowest BCUT2D eigenvalue weighted by Crippen LogP contribution is -2.60. The van der Waals surface area contributed by atoms with Crippen LogP contribution in [0.3, 0.4) is 0 Å². The summed E-state index contributed by atoms with van der Waals surface area (Å²) in [6.45, 7) is 17.6. The van der Waals surface area contributed by atoms with E-state index in [1.54, 1.807) is 6.26 Å². The summed E-state index contributed by atoms with van der Waals surface area (Å²) in [4.78, 5) is 0. The highest BCUT2D eigenvalue weighted by atomic mass is 28.3. The molecule has 0 saturated heterocycles. The van der Waals surface area contributed by atoms with Crippen molar-refractivity contribution in [3.05, 3.63) is 18.5 Å². The van der Waals surface area contributed by atoms with E-state index in [1.165, 1.54) is 0 Å². The van der Waals surface area contributed by atoms with Crippen LogP contribution in [-0.4, -0.2) is 8.07 Å². The normalized spacial score (nSPS) is 14.3. The predicted octanol–water partition coefficient (Wildman–Crippen LogP) is 3.85. The molecule has 0 saturated carbocycles. The molecule has 0 aliphatic heterocycles. The summed E-state index contributed by atoms with van der Waals surface area (Å²) in [5.41, 5.74) is 2.13. The molecule has 0 radical (unpaired) electrons. The third-order valence-electron chi connectivity index (χ3n) is 3.35. The molecule has 86 valence electrons. The SMILES string of the molecule is C=C[Si](c1coo1)(C(C)(C)C)C(C)(C)C. The molecule has 1 aromatic heterocycles. The fourth-order valence-electron chi connectivity index (χ4n) is 2.83. The van der Waals surface area contributed by atoms with E-state index in [9.17, 15) is 0 Å². The van der Waals surface area contributed by atoms with E-state index in [2.05, 4.69) is 53.8 Å². The molecular weight excluding hydrogens is 204 g/mol. The molecule has 0 N–H and O–H groups in total. The lowest BCUT2D eigenvalue weighted by atomic mass is 10.2. The summed E-state index contributed by atoms with van der Waals surface area (Å²) in [6.07, 6.45) is 1.74. The Hall–Kier alpha value is -0.703. The maximum absolute atomic E-state index is 5.19. The third kappa shape index (κ3) is 1.63. The van der Waals surface area contributed by atoms with Crippen molar-refractivity contribution in [3.63, 3.8) is 0 Å². The van der Waals surface area contributed by atoms with Crippen LogP contribution in [0.1, 0.15) is 41.5 Å². The Morgan fingerprint density at radius 3 is 1.60 bits per heavy atom. The molecule has 1 heterocycles.